The predicted molar refractivity (Wildman–Crippen MR) is 72.1 cm³/mol. The molecule has 0 saturated heterocycles. The van der Waals surface area contributed by atoms with Crippen molar-refractivity contribution in [2.45, 2.75) is 27.3 Å². The molecule has 7 nitrogen and oxygen atoms in total. The van der Waals surface area contributed by atoms with Gasteiger partial charge in [0.25, 0.3) is 5.91 Å². The molecule has 0 N–H and O–H groups in total. The number of carbonyl (C=O) groups is 1. The molecule has 1 aliphatic heterocycles. The number of hydrogen-bond acceptors (Lipinski definition) is 5. The van der Waals surface area contributed by atoms with Gasteiger partial charge >= 0.3 is 0 Å². The van der Waals surface area contributed by atoms with Gasteiger partial charge in [-0.25, -0.2) is 9.97 Å². The third kappa shape index (κ3) is 1.86. The third-order valence-electron chi connectivity index (χ3n) is 3.55. The first kappa shape index (κ1) is 12.7. The molecule has 0 bridgehead atoms. The summed E-state index contributed by atoms with van der Waals surface area (Å²) in [5.41, 5.74) is 1.67. The lowest BCUT2D eigenvalue weighted by molar-refractivity contribution is 0.0707. The van der Waals surface area contributed by atoms with Crippen molar-refractivity contribution in [2.75, 3.05) is 13.1 Å². The summed E-state index contributed by atoms with van der Waals surface area (Å²) in [6, 6.07) is 0. The summed E-state index contributed by atoms with van der Waals surface area (Å²) in [5.74, 6) is 1.72. The maximum absolute atomic E-state index is 12.2. The summed E-state index contributed by atoms with van der Waals surface area (Å²) in [7, 11) is 0. The Labute approximate surface area is 116 Å². The molecule has 0 aliphatic carbocycles. The molecule has 0 saturated carbocycles. The van der Waals surface area contributed by atoms with Crippen molar-refractivity contribution in [3.8, 4) is 11.4 Å². The van der Waals surface area contributed by atoms with Gasteiger partial charge in [-0.05, 0) is 20.8 Å². The summed E-state index contributed by atoms with van der Waals surface area (Å²) in [5, 5.41) is 8.21. The molecule has 0 atom stereocenters. The van der Waals surface area contributed by atoms with Crippen LogP contribution in [-0.4, -0.2) is 48.6 Å². The van der Waals surface area contributed by atoms with E-state index < -0.39 is 0 Å². The number of hydrogen-bond donors (Lipinski definition) is 0. The minimum atomic E-state index is -0.0665. The highest BCUT2D eigenvalue weighted by Gasteiger charge is 2.28. The maximum atomic E-state index is 12.2. The highest BCUT2D eigenvalue weighted by Crippen LogP contribution is 2.23. The molecule has 7 heteroatoms. The number of likely N-dealkylation sites (N-methyl/N-ethyl adjacent to an activating group) is 1. The highest BCUT2D eigenvalue weighted by atomic mass is 16.2. The Kier molecular flexibility index (Phi) is 2.96. The van der Waals surface area contributed by atoms with E-state index in [0.717, 1.165) is 17.1 Å². The van der Waals surface area contributed by atoms with Crippen LogP contribution in [0.4, 0.5) is 0 Å². The van der Waals surface area contributed by atoms with Crippen molar-refractivity contribution in [3.63, 3.8) is 0 Å². The topological polar surface area (TPSA) is 76.8 Å². The molecule has 0 unspecified atom stereocenters. The fraction of sp³-hybridized carbons (Fsp3) is 0.462. The molecule has 104 valence electrons. The number of aromatic nitrogens is 5. The molecule has 2 aromatic rings. The summed E-state index contributed by atoms with van der Waals surface area (Å²) in [6.07, 6.45) is 1.74. The molecule has 1 aliphatic rings. The second-order valence-corrected chi connectivity index (χ2v) is 4.80. The van der Waals surface area contributed by atoms with E-state index in [1.54, 1.807) is 11.1 Å². The van der Waals surface area contributed by atoms with Gasteiger partial charge in [0, 0.05) is 25.8 Å². The highest BCUT2D eigenvalue weighted by molar-refractivity contribution is 5.92. The van der Waals surface area contributed by atoms with E-state index in [0.29, 0.717) is 31.3 Å². The van der Waals surface area contributed by atoms with Crippen molar-refractivity contribution < 1.29 is 4.79 Å². The quantitative estimate of drug-likeness (QED) is 0.809. The number of aryl methyl sites for hydroxylation is 2. The first-order valence-corrected chi connectivity index (χ1v) is 6.65. The molecule has 0 aromatic carbocycles. The van der Waals surface area contributed by atoms with Crippen LogP contribution in [0.2, 0.25) is 0 Å². The molecular formula is C13H16N6O. The van der Waals surface area contributed by atoms with E-state index in [9.17, 15) is 4.79 Å². The van der Waals surface area contributed by atoms with Crippen LogP contribution in [0.3, 0.4) is 0 Å². The summed E-state index contributed by atoms with van der Waals surface area (Å²) in [4.78, 5) is 22.5. The first-order valence-electron chi connectivity index (χ1n) is 6.65. The van der Waals surface area contributed by atoms with Crippen LogP contribution in [-0.2, 0) is 6.54 Å². The number of fused-ring (bicyclic) bond motifs is 1. The van der Waals surface area contributed by atoms with E-state index >= 15 is 0 Å². The van der Waals surface area contributed by atoms with Crippen LogP contribution in [0.25, 0.3) is 11.4 Å². The minimum absolute atomic E-state index is 0.0665. The van der Waals surface area contributed by atoms with Gasteiger partial charge in [-0.1, -0.05) is 0 Å². The number of carbonyl (C=O) groups excluding carboxylic acids is 1. The zero-order valence-corrected chi connectivity index (χ0v) is 11.8. The number of amides is 1. The van der Waals surface area contributed by atoms with Gasteiger partial charge < -0.3 is 9.47 Å². The average Bonchev–Trinajstić information content (AvgIpc) is 2.84. The van der Waals surface area contributed by atoms with Crippen molar-refractivity contribution in [1.82, 2.24) is 29.6 Å². The molecule has 2 aromatic heterocycles. The molecule has 0 spiro atoms. The summed E-state index contributed by atoms with van der Waals surface area (Å²) < 4.78 is 1.86. The Bertz CT molecular complexity index is 677. The first-order chi connectivity index (χ1) is 9.61. The molecule has 3 rings (SSSR count). The average molecular weight is 272 g/mol. The van der Waals surface area contributed by atoms with Crippen LogP contribution in [0.5, 0.6) is 0 Å². The van der Waals surface area contributed by atoms with Crippen LogP contribution in [0.1, 0.15) is 29.1 Å². The van der Waals surface area contributed by atoms with Gasteiger partial charge in [0.05, 0.1) is 11.3 Å². The zero-order valence-electron chi connectivity index (χ0n) is 11.8. The van der Waals surface area contributed by atoms with Gasteiger partial charge in [0.15, 0.2) is 5.82 Å². The SMILES string of the molecule is CCN1CCn2c(nnc2-c2cnc(C)nc2C)C1=O. The summed E-state index contributed by atoms with van der Waals surface area (Å²) in [6.45, 7) is 7.79. The van der Waals surface area contributed by atoms with Gasteiger partial charge in [-0.15, -0.1) is 10.2 Å². The Hall–Kier alpha value is -2.31. The van der Waals surface area contributed by atoms with E-state index in [2.05, 4.69) is 20.2 Å². The molecular weight excluding hydrogens is 256 g/mol. The molecule has 3 heterocycles. The van der Waals surface area contributed by atoms with Gasteiger partial charge in [-0.3, -0.25) is 4.79 Å². The van der Waals surface area contributed by atoms with Crippen molar-refractivity contribution >= 4 is 5.91 Å². The number of rotatable bonds is 2. The predicted octanol–water partition coefficient (Wildman–Crippen LogP) is 0.828. The third-order valence-corrected chi connectivity index (χ3v) is 3.55. The Morgan fingerprint density at radius 3 is 2.65 bits per heavy atom. The maximum Gasteiger partial charge on any atom is 0.291 e. The Balaban J connectivity index is 2.08. The van der Waals surface area contributed by atoms with E-state index in [1.807, 2.05) is 25.3 Å². The lowest BCUT2D eigenvalue weighted by Gasteiger charge is -2.26. The smallest absolute Gasteiger partial charge is 0.291 e. The van der Waals surface area contributed by atoms with Crippen molar-refractivity contribution in [2.24, 2.45) is 0 Å². The fourth-order valence-corrected chi connectivity index (χ4v) is 2.44. The molecule has 0 fully saturated rings. The van der Waals surface area contributed by atoms with E-state index in [1.165, 1.54) is 0 Å². The second kappa shape index (κ2) is 4.66. The van der Waals surface area contributed by atoms with Crippen LogP contribution in [0.15, 0.2) is 6.20 Å². The van der Waals surface area contributed by atoms with Gasteiger partial charge in [0.1, 0.15) is 5.82 Å². The van der Waals surface area contributed by atoms with Crippen LogP contribution >= 0.6 is 0 Å². The van der Waals surface area contributed by atoms with E-state index in [-0.39, 0.29) is 5.91 Å². The van der Waals surface area contributed by atoms with Crippen molar-refractivity contribution in [3.05, 3.63) is 23.5 Å². The molecule has 20 heavy (non-hydrogen) atoms. The standard InChI is InChI=1S/C13H16N6O/c1-4-18-5-6-19-11(16-17-12(19)13(18)20)10-7-14-9(3)15-8(10)2/h7H,4-6H2,1-3H3. The monoisotopic (exact) mass is 272 g/mol. The summed E-state index contributed by atoms with van der Waals surface area (Å²) >= 11 is 0. The normalized spacial score (nSPS) is 14.6. The fourth-order valence-electron chi connectivity index (χ4n) is 2.44. The number of nitrogens with zero attached hydrogens (tertiary/aromatic N) is 6. The van der Waals surface area contributed by atoms with Gasteiger partial charge in [0.2, 0.25) is 5.82 Å². The second-order valence-electron chi connectivity index (χ2n) is 4.80. The lowest BCUT2D eigenvalue weighted by atomic mass is 10.2. The Morgan fingerprint density at radius 1 is 1.20 bits per heavy atom. The largest absolute Gasteiger partial charge is 0.334 e. The van der Waals surface area contributed by atoms with Gasteiger partial charge in [-0.2, -0.15) is 0 Å². The lowest BCUT2D eigenvalue weighted by Crippen LogP contribution is -2.40. The molecule has 0 radical (unpaired) electrons. The van der Waals surface area contributed by atoms with Crippen LogP contribution in [0, 0.1) is 13.8 Å². The minimum Gasteiger partial charge on any atom is -0.334 e. The van der Waals surface area contributed by atoms with Crippen LogP contribution < -0.4 is 0 Å². The Morgan fingerprint density at radius 2 is 1.95 bits per heavy atom. The van der Waals surface area contributed by atoms with Crippen molar-refractivity contribution in [1.29, 1.82) is 0 Å². The van der Waals surface area contributed by atoms with E-state index in [4.69, 9.17) is 0 Å². The molecule has 1 amide bonds. The zero-order chi connectivity index (χ0) is 14.3.